The van der Waals surface area contributed by atoms with E-state index in [-0.39, 0.29) is 5.91 Å². The van der Waals surface area contributed by atoms with Gasteiger partial charge in [-0.3, -0.25) is 9.89 Å². The summed E-state index contributed by atoms with van der Waals surface area (Å²) in [7, 11) is 0. The van der Waals surface area contributed by atoms with Crippen molar-refractivity contribution in [3.05, 3.63) is 41.3 Å². The molecule has 0 radical (unpaired) electrons. The largest absolute Gasteiger partial charge is 0.357 e. The standard InChI is InChI=1S/C18H27N5O/c1-5-23(6-2)17-8-7-14(11-19-17)12-20-18(24)16-10-15(21-22-16)9-13(3)4/h7-8,10-11,13H,5-6,9,12H2,1-4H3,(H,20,24)(H,21,22). The van der Waals surface area contributed by atoms with Crippen LogP contribution in [0.3, 0.4) is 0 Å². The SMILES string of the molecule is CCN(CC)c1ccc(CNC(=O)c2cc(CC(C)C)[nH]n2)cn1. The molecule has 0 aliphatic carbocycles. The summed E-state index contributed by atoms with van der Waals surface area (Å²) in [5.74, 6) is 1.31. The Bertz CT molecular complexity index is 644. The molecule has 0 bridgehead atoms. The smallest absolute Gasteiger partial charge is 0.272 e. The van der Waals surface area contributed by atoms with Gasteiger partial charge in [-0.15, -0.1) is 0 Å². The lowest BCUT2D eigenvalue weighted by atomic mass is 10.1. The maximum atomic E-state index is 12.2. The Morgan fingerprint density at radius 3 is 2.62 bits per heavy atom. The Balaban J connectivity index is 1.90. The predicted molar refractivity (Wildman–Crippen MR) is 96.1 cm³/mol. The molecule has 6 heteroatoms. The van der Waals surface area contributed by atoms with Crippen molar-refractivity contribution < 1.29 is 4.79 Å². The highest BCUT2D eigenvalue weighted by atomic mass is 16.1. The minimum Gasteiger partial charge on any atom is -0.357 e. The molecule has 2 aromatic heterocycles. The summed E-state index contributed by atoms with van der Waals surface area (Å²) >= 11 is 0. The molecule has 0 atom stereocenters. The lowest BCUT2D eigenvalue weighted by Gasteiger charge is -2.19. The molecule has 2 heterocycles. The molecule has 130 valence electrons. The first-order valence-electron chi connectivity index (χ1n) is 8.55. The highest BCUT2D eigenvalue weighted by Crippen LogP contribution is 2.11. The molecule has 0 unspecified atom stereocenters. The van der Waals surface area contributed by atoms with E-state index >= 15 is 0 Å². The fourth-order valence-corrected chi connectivity index (χ4v) is 2.55. The molecule has 2 rings (SSSR count). The Morgan fingerprint density at radius 1 is 1.29 bits per heavy atom. The molecule has 0 aromatic carbocycles. The van der Waals surface area contributed by atoms with Crippen LogP contribution >= 0.6 is 0 Å². The van der Waals surface area contributed by atoms with Crippen molar-refractivity contribution in [2.24, 2.45) is 5.92 Å². The van der Waals surface area contributed by atoms with Gasteiger partial charge in [0.15, 0.2) is 0 Å². The minimum atomic E-state index is -0.172. The number of aromatic nitrogens is 3. The van der Waals surface area contributed by atoms with Crippen LogP contribution in [0.15, 0.2) is 24.4 Å². The summed E-state index contributed by atoms with van der Waals surface area (Å²) in [4.78, 5) is 18.8. The van der Waals surface area contributed by atoms with Gasteiger partial charge in [0, 0.05) is 31.5 Å². The number of hydrogen-bond donors (Lipinski definition) is 2. The van der Waals surface area contributed by atoms with Crippen LogP contribution < -0.4 is 10.2 Å². The molecular weight excluding hydrogens is 302 g/mol. The Hall–Kier alpha value is -2.37. The van der Waals surface area contributed by atoms with E-state index in [1.807, 2.05) is 24.4 Å². The minimum absolute atomic E-state index is 0.172. The first-order valence-corrected chi connectivity index (χ1v) is 8.55. The highest BCUT2D eigenvalue weighted by molar-refractivity contribution is 5.92. The van der Waals surface area contributed by atoms with Crippen molar-refractivity contribution in [2.45, 2.75) is 40.7 Å². The van der Waals surface area contributed by atoms with E-state index in [0.717, 1.165) is 36.6 Å². The second-order valence-corrected chi connectivity index (χ2v) is 6.26. The number of hydrogen-bond acceptors (Lipinski definition) is 4. The van der Waals surface area contributed by atoms with Crippen molar-refractivity contribution in [1.29, 1.82) is 0 Å². The maximum absolute atomic E-state index is 12.2. The normalized spacial score (nSPS) is 10.9. The molecule has 1 amide bonds. The number of H-pyrrole nitrogens is 1. The molecule has 2 aromatic rings. The number of carbonyl (C=O) groups excluding carboxylic acids is 1. The lowest BCUT2D eigenvalue weighted by Crippen LogP contribution is -2.24. The van der Waals surface area contributed by atoms with Gasteiger partial charge in [0.25, 0.3) is 5.91 Å². The van der Waals surface area contributed by atoms with Gasteiger partial charge < -0.3 is 10.2 Å². The van der Waals surface area contributed by atoms with E-state index in [4.69, 9.17) is 0 Å². The number of rotatable bonds is 8. The Morgan fingerprint density at radius 2 is 2.04 bits per heavy atom. The van der Waals surface area contributed by atoms with Gasteiger partial charge in [-0.1, -0.05) is 19.9 Å². The Kier molecular flexibility index (Phi) is 6.35. The number of aromatic amines is 1. The molecule has 24 heavy (non-hydrogen) atoms. The lowest BCUT2D eigenvalue weighted by molar-refractivity contribution is 0.0946. The molecule has 0 aliphatic heterocycles. The second kappa shape index (κ2) is 8.47. The summed E-state index contributed by atoms with van der Waals surface area (Å²) in [6.45, 7) is 10.8. The number of nitrogens with zero attached hydrogens (tertiary/aromatic N) is 3. The van der Waals surface area contributed by atoms with Crippen LogP contribution in [0.4, 0.5) is 5.82 Å². The molecule has 2 N–H and O–H groups in total. The zero-order valence-electron chi connectivity index (χ0n) is 15.0. The number of amides is 1. The van der Waals surface area contributed by atoms with Crippen molar-refractivity contribution in [3.8, 4) is 0 Å². The summed E-state index contributed by atoms with van der Waals surface area (Å²) in [5, 5.41) is 9.89. The topological polar surface area (TPSA) is 73.9 Å². The molecule has 0 saturated heterocycles. The van der Waals surface area contributed by atoms with Gasteiger partial charge in [0.2, 0.25) is 0 Å². The Labute approximate surface area is 143 Å². The molecule has 0 saturated carbocycles. The first kappa shape index (κ1) is 18.0. The van der Waals surface area contributed by atoms with Gasteiger partial charge in [-0.05, 0) is 43.9 Å². The van der Waals surface area contributed by atoms with Crippen LogP contribution in [0.1, 0.15) is 49.4 Å². The van der Waals surface area contributed by atoms with Gasteiger partial charge in [0.05, 0.1) is 0 Å². The van der Waals surface area contributed by atoms with Crippen LogP contribution in [0.5, 0.6) is 0 Å². The van der Waals surface area contributed by atoms with E-state index in [9.17, 15) is 4.79 Å². The predicted octanol–water partition coefficient (Wildman–Crippen LogP) is 2.78. The fourth-order valence-electron chi connectivity index (χ4n) is 2.55. The third-order valence-electron chi connectivity index (χ3n) is 3.84. The van der Waals surface area contributed by atoms with Crippen molar-refractivity contribution in [3.63, 3.8) is 0 Å². The number of anilines is 1. The van der Waals surface area contributed by atoms with E-state index in [2.05, 4.69) is 53.1 Å². The summed E-state index contributed by atoms with van der Waals surface area (Å²) in [5.41, 5.74) is 2.39. The average molecular weight is 329 g/mol. The van der Waals surface area contributed by atoms with Crippen molar-refractivity contribution in [1.82, 2.24) is 20.5 Å². The zero-order valence-corrected chi connectivity index (χ0v) is 15.0. The first-order chi connectivity index (χ1) is 11.5. The fraction of sp³-hybridized carbons (Fsp3) is 0.500. The van der Waals surface area contributed by atoms with Gasteiger partial charge in [0.1, 0.15) is 11.5 Å². The molecule has 0 spiro atoms. The van der Waals surface area contributed by atoms with Crippen LogP contribution in [-0.4, -0.2) is 34.2 Å². The van der Waals surface area contributed by atoms with E-state index in [0.29, 0.717) is 18.2 Å². The monoisotopic (exact) mass is 329 g/mol. The average Bonchev–Trinajstić information content (AvgIpc) is 3.02. The van der Waals surface area contributed by atoms with Crippen molar-refractivity contribution in [2.75, 3.05) is 18.0 Å². The van der Waals surface area contributed by atoms with Crippen molar-refractivity contribution >= 4 is 11.7 Å². The highest BCUT2D eigenvalue weighted by Gasteiger charge is 2.11. The summed E-state index contributed by atoms with van der Waals surface area (Å²) in [6, 6.07) is 5.80. The van der Waals surface area contributed by atoms with Gasteiger partial charge >= 0.3 is 0 Å². The van der Waals surface area contributed by atoms with E-state index < -0.39 is 0 Å². The molecule has 6 nitrogen and oxygen atoms in total. The zero-order chi connectivity index (χ0) is 17.5. The molecular formula is C18H27N5O. The third-order valence-corrected chi connectivity index (χ3v) is 3.84. The van der Waals surface area contributed by atoms with Gasteiger partial charge in [-0.25, -0.2) is 4.98 Å². The van der Waals surface area contributed by atoms with Crippen LogP contribution in [-0.2, 0) is 13.0 Å². The van der Waals surface area contributed by atoms with E-state index in [1.165, 1.54) is 0 Å². The van der Waals surface area contributed by atoms with E-state index in [1.54, 1.807) is 0 Å². The third kappa shape index (κ3) is 4.81. The quantitative estimate of drug-likeness (QED) is 0.781. The van der Waals surface area contributed by atoms with Gasteiger partial charge in [-0.2, -0.15) is 5.10 Å². The maximum Gasteiger partial charge on any atom is 0.272 e. The summed E-state index contributed by atoms with van der Waals surface area (Å²) in [6.07, 6.45) is 2.69. The number of carbonyl (C=O) groups is 1. The van der Waals surface area contributed by atoms with Crippen LogP contribution in [0.25, 0.3) is 0 Å². The number of nitrogens with one attached hydrogen (secondary N) is 2. The molecule has 0 fully saturated rings. The van der Waals surface area contributed by atoms with Crippen LogP contribution in [0, 0.1) is 5.92 Å². The van der Waals surface area contributed by atoms with Crippen LogP contribution in [0.2, 0.25) is 0 Å². The second-order valence-electron chi connectivity index (χ2n) is 6.26. The summed E-state index contributed by atoms with van der Waals surface area (Å²) < 4.78 is 0. The molecule has 0 aliphatic rings. The number of pyridine rings is 1.